The number of hydrogen-bond acceptors (Lipinski definition) is 5. The molecule has 3 aromatic rings. The second-order valence-electron chi connectivity index (χ2n) is 4.98. The Morgan fingerprint density at radius 2 is 2.04 bits per heavy atom. The number of thiophene rings is 1. The SMILES string of the molecule is CCOc1ccccc1C(=O)NCc1nccnc1-c1ccsc1. The number of benzene rings is 1. The predicted octanol–water partition coefficient (Wildman–Crippen LogP) is 3.53. The number of ether oxygens (including phenoxy) is 1. The molecule has 2 heterocycles. The number of carbonyl (C=O) groups excluding carboxylic acids is 1. The van der Waals surface area contributed by atoms with Crippen molar-refractivity contribution in [3.63, 3.8) is 0 Å². The van der Waals surface area contributed by atoms with Gasteiger partial charge >= 0.3 is 0 Å². The van der Waals surface area contributed by atoms with Crippen LogP contribution in [0.2, 0.25) is 0 Å². The van der Waals surface area contributed by atoms with E-state index in [1.54, 1.807) is 35.9 Å². The van der Waals surface area contributed by atoms with Crippen LogP contribution in [0.4, 0.5) is 0 Å². The lowest BCUT2D eigenvalue weighted by Gasteiger charge is -2.11. The van der Waals surface area contributed by atoms with Gasteiger partial charge in [0.25, 0.3) is 5.91 Å². The molecule has 6 heteroatoms. The Bertz CT molecular complexity index is 819. The summed E-state index contributed by atoms with van der Waals surface area (Å²) in [7, 11) is 0. The third kappa shape index (κ3) is 3.60. The van der Waals surface area contributed by atoms with Crippen molar-refractivity contribution in [1.29, 1.82) is 0 Å². The molecule has 5 nitrogen and oxygen atoms in total. The maximum absolute atomic E-state index is 12.5. The van der Waals surface area contributed by atoms with Gasteiger partial charge in [0.1, 0.15) is 5.75 Å². The van der Waals surface area contributed by atoms with E-state index in [9.17, 15) is 4.79 Å². The van der Waals surface area contributed by atoms with Crippen LogP contribution in [0.1, 0.15) is 23.0 Å². The third-order valence-electron chi connectivity index (χ3n) is 3.42. The molecule has 3 rings (SSSR count). The molecule has 0 radical (unpaired) electrons. The first kappa shape index (κ1) is 16.1. The molecular formula is C18H17N3O2S. The van der Waals surface area contributed by atoms with Gasteiger partial charge in [-0.1, -0.05) is 12.1 Å². The number of para-hydroxylation sites is 1. The highest BCUT2D eigenvalue weighted by molar-refractivity contribution is 7.08. The van der Waals surface area contributed by atoms with Crippen LogP contribution in [-0.2, 0) is 6.54 Å². The van der Waals surface area contributed by atoms with Crippen molar-refractivity contribution >= 4 is 17.2 Å². The van der Waals surface area contributed by atoms with Crippen molar-refractivity contribution in [3.8, 4) is 17.0 Å². The molecule has 1 N–H and O–H groups in total. The van der Waals surface area contributed by atoms with E-state index in [1.165, 1.54) is 0 Å². The summed E-state index contributed by atoms with van der Waals surface area (Å²) < 4.78 is 5.51. The smallest absolute Gasteiger partial charge is 0.255 e. The average molecular weight is 339 g/mol. The highest BCUT2D eigenvalue weighted by atomic mass is 32.1. The van der Waals surface area contributed by atoms with E-state index in [1.807, 2.05) is 35.9 Å². The number of rotatable bonds is 6. The Hall–Kier alpha value is -2.73. The standard InChI is InChI=1S/C18H17N3O2S/c1-2-23-16-6-4-3-5-14(16)18(22)21-11-15-17(20-9-8-19-15)13-7-10-24-12-13/h3-10,12H,2,11H2,1H3,(H,21,22). The second kappa shape index (κ2) is 7.70. The minimum Gasteiger partial charge on any atom is -0.493 e. The lowest BCUT2D eigenvalue weighted by Crippen LogP contribution is -2.24. The molecule has 0 saturated heterocycles. The Balaban J connectivity index is 1.76. The fourth-order valence-corrected chi connectivity index (χ4v) is 2.97. The zero-order valence-electron chi connectivity index (χ0n) is 13.2. The zero-order valence-corrected chi connectivity index (χ0v) is 14.0. The number of nitrogens with zero attached hydrogens (tertiary/aromatic N) is 2. The molecule has 0 spiro atoms. The quantitative estimate of drug-likeness (QED) is 0.746. The molecule has 0 unspecified atom stereocenters. The van der Waals surface area contributed by atoms with Gasteiger partial charge in [0.2, 0.25) is 0 Å². The maximum atomic E-state index is 12.5. The minimum absolute atomic E-state index is 0.194. The van der Waals surface area contributed by atoms with Gasteiger partial charge in [-0.05, 0) is 30.5 Å². The predicted molar refractivity (Wildman–Crippen MR) is 94.1 cm³/mol. The van der Waals surface area contributed by atoms with Gasteiger partial charge in [-0.25, -0.2) is 0 Å². The second-order valence-corrected chi connectivity index (χ2v) is 5.76. The summed E-state index contributed by atoms with van der Waals surface area (Å²) in [5, 5.41) is 6.90. The van der Waals surface area contributed by atoms with E-state index >= 15 is 0 Å². The van der Waals surface area contributed by atoms with Crippen molar-refractivity contribution in [2.75, 3.05) is 6.61 Å². The van der Waals surface area contributed by atoms with Gasteiger partial charge < -0.3 is 10.1 Å². The van der Waals surface area contributed by atoms with Crippen LogP contribution in [-0.4, -0.2) is 22.5 Å². The molecule has 0 fully saturated rings. The fraction of sp³-hybridized carbons (Fsp3) is 0.167. The van der Waals surface area contributed by atoms with Gasteiger partial charge in [-0.2, -0.15) is 11.3 Å². The molecule has 1 aromatic carbocycles. The van der Waals surface area contributed by atoms with E-state index in [0.717, 1.165) is 17.0 Å². The van der Waals surface area contributed by atoms with Crippen molar-refractivity contribution in [1.82, 2.24) is 15.3 Å². The number of nitrogens with one attached hydrogen (secondary N) is 1. The van der Waals surface area contributed by atoms with E-state index in [0.29, 0.717) is 24.5 Å². The van der Waals surface area contributed by atoms with Crippen LogP contribution in [0.15, 0.2) is 53.5 Å². The van der Waals surface area contributed by atoms with Crippen molar-refractivity contribution < 1.29 is 9.53 Å². The molecule has 0 aliphatic heterocycles. The molecule has 0 saturated carbocycles. The first-order valence-corrected chi connectivity index (χ1v) is 8.56. The topological polar surface area (TPSA) is 64.1 Å². The van der Waals surface area contributed by atoms with Crippen molar-refractivity contribution in [2.24, 2.45) is 0 Å². The minimum atomic E-state index is -0.194. The Morgan fingerprint density at radius 3 is 2.83 bits per heavy atom. The first-order valence-electron chi connectivity index (χ1n) is 7.62. The van der Waals surface area contributed by atoms with Crippen LogP contribution >= 0.6 is 11.3 Å². The maximum Gasteiger partial charge on any atom is 0.255 e. The van der Waals surface area contributed by atoms with Crippen molar-refractivity contribution in [2.45, 2.75) is 13.5 Å². The van der Waals surface area contributed by atoms with E-state index in [4.69, 9.17) is 4.74 Å². The van der Waals surface area contributed by atoms with Crippen LogP contribution in [0.25, 0.3) is 11.3 Å². The largest absolute Gasteiger partial charge is 0.493 e. The monoisotopic (exact) mass is 339 g/mol. The number of aromatic nitrogens is 2. The molecule has 0 atom stereocenters. The van der Waals surface area contributed by atoms with Gasteiger partial charge in [0, 0.05) is 23.3 Å². The summed E-state index contributed by atoms with van der Waals surface area (Å²) in [6, 6.07) is 9.19. The summed E-state index contributed by atoms with van der Waals surface area (Å²) >= 11 is 1.60. The summed E-state index contributed by atoms with van der Waals surface area (Å²) in [5.74, 6) is 0.385. The summed E-state index contributed by atoms with van der Waals surface area (Å²) in [4.78, 5) is 21.2. The Kier molecular flexibility index (Phi) is 5.18. The highest BCUT2D eigenvalue weighted by Crippen LogP contribution is 2.22. The van der Waals surface area contributed by atoms with Gasteiger partial charge in [0.05, 0.1) is 30.1 Å². The summed E-state index contributed by atoms with van der Waals surface area (Å²) in [6.45, 7) is 2.70. The fourth-order valence-electron chi connectivity index (χ4n) is 2.33. The molecule has 0 bridgehead atoms. The van der Waals surface area contributed by atoms with Crippen LogP contribution in [0.5, 0.6) is 5.75 Å². The molecule has 122 valence electrons. The van der Waals surface area contributed by atoms with Gasteiger partial charge in [-0.15, -0.1) is 0 Å². The number of hydrogen-bond donors (Lipinski definition) is 1. The summed E-state index contributed by atoms with van der Waals surface area (Å²) in [6.07, 6.45) is 3.29. The molecule has 0 aliphatic rings. The van der Waals surface area contributed by atoms with E-state index in [-0.39, 0.29) is 5.91 Å². The molecule has 2 aromatic heterocycles. The molecular weight excluding hydrogens is 322 g/mol. The summed E-state index contributed by atoms with van der Waals surface area (Å²) in [5.41, 5.74) is 3.04. The molecule has 24 heavy (non-hydrogen) atoms. The Labute approximate surface area is 144 Å². The molecule has 0 aliphatic carbocycles. The zero-order chi connectivity index (χ0) is 16.8. The highest BCUT2D eigenvalue weighted by Gasteiger charge is 2.14. The lowest BCUT2D eigenvalue weighted by molar-refractivity contribution is 0.0946. The van der Waals surface area contributed by atoms with Crippen molar-refractivity contribution in [3.05, 3.63) is 64.7 Å². The molecule has 1 amide bonds. The van der Waals surface area contributed by atoms with Crippen LogP contribution in [0, 0.1) is 0 Å². The number of carbonyl (C=O) groups is 1. The van der Waals surface area contributed by atoms with Crippen LogP contribution < -0.4 is 10.1 Å². The van der Waals surface area contributed by atoms with E-state index in [2.05, 4.69) is 15.3 Å². The van der Waals surface area contributed by atoms with Gasteiger partial charge in [-0.3, -0.25) is 14.8 Å². The van der Waals surface area contributed by atoms with Crippen LogP contribution in [0.3, 0.4) is 0 Å². The third-order valence-corrected chi connectivity index (χ3v) is 4.10. The van der Waals surface area contributed by atoms with Gasteiger partial charge in [0.15, 0.2) is 0 Å². The number of amides is 1. The van der Waals surface area contributed by atoms with E-state index < -0.39 is 0 Å². The average Bonchev–Trinajstić information content (AvgIpc) is 3.15. The Morgan fingerprint density at radius 1 is 1.21 bits per heavy atom. The normalized spacial score (nSPS) is 10.4. The lowest BCUT2D eigenvalue weighted by atomic mass is 10.1. The first-order chi connectivity index (χ1) is 11.8.